The zero-order valence-corrected chi connectivity index (χ0v) is 22.4. The molecule has 5 rings (SSSR count). The second-order valence-electron chi connectivity index (χ2n) is 9.58. The summed E-state index contributed by atoms with van der Waals surface area (Å²) in [6, 6.07) is 5.40. The van der Waals surface area contributed by atoms with Gasteiger partial charge in [0.2, 0.25) is 5.95 Å². The molecule has 2 aromatic heterocycles. The first kappa shape index (κ1) is 26.3. The summed E-state index contributed by atoms with van der Waals surface area (Å²) in [4.78, 5) is 9.79. The molecule has 0 N–H and O–H groups in total. The van der Waals surface area contributed by atoms with Gasteiger partial charge in [0.05, 0.1) is 38.0 Å². The summed E-state index contributed by atoms with van der Waals surface area (Å²) in [6.07, 6.45) is 5.05. The van der Waals surface area contributed by atoms with Crippen LogP contribution in [0.1, 0.15) is 43.3 Å². The predicted molar refractivity (Wildman–Crippen MR) is 137 cm³/mol. The summed E-state index contributed by atoms with van der Waals surface area (Å²) in [7, 11) is 0.898. The maximum atomic E-state index is 13.9. The molecule has 0 unspecified atom stereocenters. The molecule has 1 aromatic carbocycles. The summed E-state index contributed by atoms with van der Waals surface area (Å²) < 4.78 is 59.7. The van der Waals surface area contributed by atoms with E-state index in [1.165, 1.54) is 0 Å². The molecule has 0 amide bonds. The zero-order chi connectivity index (χ0) is 26.9. The van der Waals surface area contributed by atoms with E-state index in [-0.39, 0.29) is 30.3 Å². The normalized spacial score (nSPS) is 20.3. The third-order valence-corrected chi connectivity index (χ3v) is 9.30. The first-order valence-electron chi connectivity index (χ1n) is 12.5. The molecular formula is C25H31FN6O5S. The van der Waals surface area contributed by atoms with Crippen LogP contribution in [0.3, 0.4) is 0 Å². The minimum atomic E-state index is -3.76. The number of ether oxygens (including phenoxy) is 3. The molecule has 0 bridgehead atoms. The minimum absolute atomic E-state index is 0.148. The van der Waals surface area contributed by atoms with E-state index in [1.54, 1.807) is 42.9 Å². The summed E-state index contributed by atoms with van der Waals surface area (Å²) in [5.74, 6) is 1.57. The second kappa shape index (κ2) is 10.8. The van der Waals surface area contributed by atoms with Crippen LogP contribution in [0.25, 0.3) is 5.69 Å². The van der Waals surface area contributed by atoms with Crippen molar-refractivity contribution in [2.24, 2.45) is 0 Å². The number of hydrogen-bond acceptors (Lipinski definition) is 10. The molecule has 3 aromatic rings. The highest BCUT2D eigenvalue weighted by Gasteiger charge is 2.39. The van der Waals surface area contributed by atoms with Gasteiger partial charge in [-0.15, -0.1) is 10.2 Å². The quantitative estimate of drug-likeness (QED) is 0.396. The van der Waals surface area contributed by atoms with Crippen molar-refractivity contribution in [2.75, 3.05) is 39.3 Å². The highest BCUT2D eigenvalue weighted by Crippen LogP contribution is 2.41. The Labute approximate surface area is 220 Å². The number of piperidine rings is 1. The van der Waals surface area contributed by atoms with Crippen LogP contribution in [0.2, 0.25) is 0 Å². The number of halogens is 1. The van der Waals surface area contributed by atoms with Crippen LogP contribution in [0.4, 0.5) is 10.3 Å². The van der Waals surface area contributed by atoms with Crippen molar-refractivity contribution in [3.63, 3.8) is 0 Å². The van der Waals surface area contributed by atoms with Crippen LogP contribution in [-0.2, 0) is 20.3 Å². The maximum absolute atomic E-state index is 13.9. The van der Waals surface area contributed by atoms with Gasteiger partial charge in [-0.3, -0.25) is 4.57 Å². The monoisotopic (exact) mass is 546 g/mol. The first-order chi connectivity index (χ1) is 18.3. The molecule has 1 aliphatic carbocycles. The lowest BCUT2D eigenvalue weighted by Gasteiger charge is -2.36. The average Bonchev–Trinajstić information content (AvgIpc) is 3.28. The first-order valence-corrected chi connectivity index (χ1v) is 14.2. The molecule has 2 atom stereocenters. The molecule has 1 saturated heterocycles. The molecule has 11 nitrogen and oxygen atoms in total. The van der Waals surface area contributed by atoms with Gasteiger partial charge in [-0.1, -0.05) is 12.5 Å². The highest BCUT2D eigenvalue weighted by atomic mass is 32.2. The van der Waals surface area contributed by atoms with Crippen molar-refractivity contribution >= 4 is 15.8 Å². The van der Waals surface area contributed by atoms with Gasteiger partial charge in [-0.25, -0.2) is 22.8 Å². The van der Waals surface area contributed by atoms with Crippen molar-refractivity contribution in [1.29, 1.82) is 0 Å². The Kier molecular flexibility index (Phi) is 7.48. The van der Waals surface area contributed by atoms with E-state index in [1.807, 2.05) is 6.07 Å². The van der Waals surface area contributed by atoms with Gasteiger partial charge < -0.3 is 19.1 Å². The zero-order valence-electron chi connectivity index (χ0n) is 21.6. The number of anilines is 1. The van der Waals surface area contributed by atoms with Gasteiger partial charge in [-0.2, -0.15) is 0 Å². The molecule has 204 valence electrons. The topological polar surface area (TPSA) is 122 Å². The van der Waals surface area contributed by atoms with Crippen molar-refractivity contribution in [3.05, 3.63) is 48.1 Å². The van der Waals surface area contributed by atoms with E-state index in [0.717, 1.165) is 31.7 Å². The Morgan fingerprint density at radius 1 is 1.03 bits per heavy atom. The predicted octanol–water partition coefficient (Wildman–Crippen LogP) is 2.69. The number of nitrogens with zero attached hydrogens (tertiary/aromatic N) is 6. The van der Waals surface area contributed by atoms with Crippen LogP contribution in [0.15, 0.2) is 30.6 Å². The fraction of sp³-hybridized carbons (Fsp3) is 0.520. The van der Waals surface area contributed by atoms with Crippen molar-refractivity contribution < 1.29 is 27.0 Å². The Bertz CT molecular complexity index is 1360. The van der Waals surface area contributed by atoms with Crippen molar-refractivity contribution in [2.45, 2.75) is 48.7 Å². The summed E-state index contributed by atoms with van der Waals surface area (Å²) in [5, 5.41) is 8.02. The number of sulfone groups is 1. The smallest absolute Gasteiger partial charge is 0.225 e. The maximum Gasteiger partial charge on any atom is 0.225 e. The molecule has 1 aliphatic heterocycles. The Morgan fingerprint density at radius 2 is 1.71 bits per heavy atom. The molecule has 38 heavy (non-hydrogen) atoms. The van der Waals surface area contributed by atoms with E-state index < -0.39 is 20.9 Å². The minimum Gasteiger partial charge on any atom is -0.494 e. The summed E-state index contributed by atoms with van der Waals surface area (Å²) in [5.41, 5.74) is 0.578. The number of para-hydroxylation sites is 1. The standard InChI is InChI=1S/C25H31FN6O5S/c1-35-18-10-19(14-31(13-18)25-27-11-17(26)12-28-25)38(33,34)15-22-29-30-24(16-6-4-7-16)32(22)23-20(36-2)8-5-9-21(23)37-3/h5,8-9,11-12,16,18-19H,4,6-7,10,13-15H2,1-3H3/t18-,19+/m1/s1. The van der Waals surface area contributed by atoms with Gasteiger partial charge >= 0.3 is 0 Å². The molecular weight excluding hydrogens is 515 g/mol. The molecule has 13 heteroatoms. The molecule has 1 saturated carbocycles. The Balaban J connectivity index is 1.51. The van der Waals surface area contributed by atoms with E-state index in [9.17, 15) is 12.8 Å². The molecule has 2 aliphatic rings. The van der Waals surface area contributed by atoms with Gasteiger partial charge in [0.25, 0.3) is 0 Å². The lowest BCUT2D eigenvalue weighted by Crippen LogP contribution is -2.50. The van der Waals surface area contributed by atoms with E-state index in [4.69, 9.17) is 14.2 Å². The van der Waals surface area contributed by atoms with Crippen LogP contribution in [0, 0.1) is 5.82 Å². The van der Waals surface area contributed by atoms with Gasteiger partial charge in [0.15, 0.2) is 21.5 Å². The summed E-state index contributed by atoms with van der Waals surface area (Å²) >= 11 is 0. The Morgan fingerprint density at radius 3 is 2.29 bits per heavy atom. The summed E-state index contributed by atoms with van der Waals surface area (Å²) in [6.45, 7) is 0.546. The van der Waals surface area contributed by atoms with Crippen LogP contribution < -0.4 is 14.4 Å². The van der Waals surface area contributed by atoms with E-state index >= 15 is 0 Å². The number of methoxy groups -OCH3 is 3. The van der Waals surface area contributed by atoms with Gasteiger partial charge in [-0.05, 0) is 31.4 Å². The fourth-order valence-corrected chi connectivity index (χ4v) is 6.72. The van der Waals surface area contributed by atoms with Crippen molar-refractivity contribution in [1.82, 2.24) is 24.7 Å². The van der Waals surface area contributed by atoms with Gasteiger partial charge in [0.1, 0.15) is 28.8 Å². The molecule has 2 fully saturated rings. The highest BCUT2D eigenvalue weighted by molar-refractivity contribution is 7.91. The van der Waals surface area contributed by atoms with Gasteiger partial charge in [0, 0.05) is 26.1 Å². The van der Waals surface area contributed by atoms with Crippen LogP contribution in [0.5, 0.6) is 11.5 Å². The van der Waals surface area contributed by atoms with Crippen LogP contribution in [-0.4, -0.2) is 78.9 Å². The number of benzene rings is 1. The average molecular weight is 547 g/mol. The van der Waals surface area contributed by atoms with Crippen molar-refractivity contribution in [3.8, 4) is 17.2 Å². The van der Waals surface area contributed by atoms with Crippen LogP contribution >= 0.6 is 0 Å². The number of rotatable bonds is 9. The molecule has 3 heterocycles. The third kappa shape index (κ3) is 5.04. The third-order valence-electron chi connectivity index (χ3n) is 7.29. The lowest BCUT2D eigenvalue weighted by molar-refractivity contribution is 0.0897. The SMILES string of the molecule is COc1cccc(OC)c1-n1c(CS(=O)(=O)[C@H]2C[C@@H](OC)CN(c3ncc(F)cn3)C2)nnc1C1CCC1. The number of aromatic nitrogens is 5. The Hall–Kier alpha value is -3.32. The lowest BCUT2D eigenvalue weighted by atomic mass is 9.84. The number of hydrogen-bond donors (Lipinski definition) is 0. The molecule has 0 radical (unpaired) electrons. The van der Waals surface area contributed by atoms with E-state index in [0.29, 0.717) is 41.8 Å². The fourth-order valence-electron chi connectivity index (χ4n) is 5.02. The largest absolute Gasteiger partial charge is 0.494 e. The van der Waals surface area contributed by atoms with E-state index in [2.05, 4.69) is 20.2 Å². The molecule has 0 spiro atoms. The second-order valence-corrected chi connectivity index (χ2v) is 11.9.